The normalized spacial score (nSPS) is 18.5. The van der Waals surface area contributed by atoms with Gasteiger partial charge in [-0.3, -0.25) is 0 Å². The topological polar surface area (TPSA) is 12.0 Å². The number of hydrogen-bond donors (Lipinski definition) is 1. The first-order valence-corrected chi connectivity index (χ1v) is 6.43. The predicted molar refractivity (Wildman–Crippen MR) is 66.7 cm³/mol. The fourth-order valence-electron chi connectivity index (χ4n) is 2.54. The van der Waals surface area contributed by atoms with Crippen LogP contribution in [0.4, 0.5) is 0 Å². The van der Waals surface area contributed by atoms with E-state index >= 15 is 0 Å². The van der Waals surface area contributed by atoms with E-state index in [2.05, 4.69) is 24.2 Å². The third kappa shape index (κ3) is 5.23. The van der Waals surface area contributed by atoms with Crippen LogP contribution in [0, 0.1) is 17.8 Å². The number of hydrogen-bond acceptors (Lipinski definition) is 1. The van der Waals surface area contributed by atoms with E-state index in [9.17, 15) is 0 Å². The Morgan fingerprint density at radius 2 is 2.00 bits per heavy atom. The summed E-state index contributed by atoms with van der Waals surface area (Å²) < 4.78 is 0. The summed E-state index contributed by atoms with van der Waals surface area (Å²) >= 11 is 0. The van der Waals surface area contributed by atoms with Crippen LogP contribution in [0.25, 0.3) is 0 Å². The van der Waals surface area contributed by atoms with Crippen molar-refractivity contribution in [2.24, 2.45) is 5.92 Å². The minimum atomic E-state index is 0.687. The van der Waals surface area contributed by atoms with Gasteiger partial charge < -0.3 is 5.32 Å². The fourth-order valence-corrected chi connectivity index (χ4v) is 2.54. The zero-order chi connectivity index (χ0) is 10.9. The predicted octanol–water partition coefficient (Wildman–Crippen LogP) is 3.35. The zero-order valence-electron chi connectivity index (χ0n) is 10.3. The second kappa shape index (κ2) is 7.77. The van der Waals surface area contributed by atoms with E-state index < -0.39 is 0 Å². The average Bonchev–Trinajstić information content (AvgIpc) is 2.76. The van der Waals surface area contributed by atoms with Crippen LogP contribution in [0.5, 0.6) is 0 Å². The molecule has 1 N–H and O–H groups in total. The molecule has 1 nitrogen and oxygen atoms in total. The second-order valence-electron chi connectivity index (χ2n) is 4.68. The molecule has 1 fully saturated rings. The van der Waals surface area contributed by atoms with E-state index in [1.807, 2.05) is 6.92 Å². The van der Waals surface area contributed by atoms with Gasteiger partial charge in [0.25, 0.3) is 0 Å². The highest BCUT2D eigenvalue weighted by Crippen LogP contribution is 2.29. The van der Waals surface area contributed by atoms with Gasteiger partial charge in [-0.25, -0.2) is 0 Å². The molecule has 1 atom stereocenters. The summed E-state index contributed by atoms with van der Waals surface area (Å²) in [7, 11) is 2.08. The molecule has 1 saturated carbocycles. The Morgan fingerprint density at radius 3 is 2.60 bits per heavy atom. The van der Waals surface area contributed by atoms with Gasteiger partial charge in [-0.2, -0.15) is 0 Å². The SMILES string of the molecule is CC#CCCC(CCC1CCCC1)NC. The maximum absolute atomic E-state index is 3.42. The molecule has 0 aromatic carbocycles. The Bertz CT molecular complexity index is 205. The summed E-state index contributed by atoms with van der Waals surface area (Å²) in [6.45, 7) is 1.92. The lowest BCUT2D eigenvalue weighted by molar-refractivity contribution is 0.408. The first kappa shape index (κ1) is 12.6. The summed E-state index contributed by atoms with van der Waals surface area (Å²) in [6, 6.07) is 0.687. The van der Waals surface area contributed by atoms with Crippen molar-refractivity contribution in [3.05, 3.63) is 0 Å². The van der Waals surface area contributed by atoms with Gasteiger partial charge >= 0.3 is 0 Å². The van der Waals surface area contributed by atoms with Crippen LogP contribution in [0.15, 0.2) is 0 Å². The van der Waals surface area contributed by atoms with Gasteiger partial charge in [0.1, 0.15) is 0 Å². The lowest BCUT2D eigenvalue weighted by Crippen LogP contribution is -2.25. The van der Waals surface area contributed by atoms with Gasteiger partial charge in [0.15, 0.2) is 0 Å². The van der Waals surface area contributed by atoms with Gasteiger partial charge in [0.05, 0.1) is 0 Å². The minimum Gasteiger partial charge on any atom is -0.317 e. The Labute approximate surface area is 95.0 Å². The Morgan fingerprint density at radius 1 is 1.27 bits per heavy atom. The molecular weight excluding hydrogens is 182 g/mol. The molecule has 1 heteroatoms. The Hall–Kier alpha value is -0.480. The van der Waals surface area contributed by atoms with Crippen molar-refractivity contribution >= 4 is 0 Å². The first-order chi connectivity index (χ1) is 7.36. The third-order valence-electron chi connectivity index (χ3n) is 3.60. The lowest BCUT2D eigenvalue weighted by Gasteiger charge is -2.17. The number of rotatable bonds is 6. The van der Waals surface area contributed by atoms with Crippen molar-refractivity contribution in [2.45, 2.75) is 64.3 Å². The summed E-state index contributed by atoms with van der Waals surface area (Å²) in [6.07, 6.45) is 10.9. The standard InChI is InChI=1S/C14H25N/c1-3-4-5-10-14(15-2)12-11-13-8-6-7-9-13/h13-15H,5-12H2,1-2H3. The monoisotopic (exact) mass is 207 g/mol. The van der Waals surface area contributed by atoms with Gasteiger partial charge in [-0.1, -0.05) is 25.7 Å². The van der Waals surface area contributed by atoms with Crippen LogP contribution >= 0.6 is 0 Å². The summed E-state index contributed by atoms with van der Waals surface area (Å²) in [5.74, 6) is 7.14. The smallest absolute Gasteiger partial charge is 0.0103 e. The van der Waals surface area contributed by atoms with Crippen LogP contribution in [0.2, 0.25) is 0 Å². The van der Waals surface area contributed by atoms with E-state index in [-0.39, 0.29) is 0 Å². The van der Waals surface area contributed by atoms with Gasteiger partial charge in [0, 0.05) is 12.5 Å². The molecule has 1 unspecified atom stereocenters. The van der Waals surface area contributed by atoms with Crippen molar-refractivity contribution in [3.63, 3.8) is 0 Å². The van der Waals surface area contributed by atoms with Crippen molar-refractivity contribution in [1.82, 2.24) is 5.32 Å². The highest BCUT2D eigenvalue weighted by Gasteiger charge is 2.16. The van der Waals surface area contributed by atoms with E-state index in [1.54, 1.807) is 0 Å². The van der Waals surface area contributed by atoms with Gasteiger partial charge in [0.2, 0.25) is 0 Å². The average molecular weight is 207 g/mol. The third-order valence-corrected chi connectivity index (χ3v) is 3.60. The molecule has 0 heterocycles. The van der Waals surface area contributed by atoms with Crippen molar-refractivity contribution < 1.29 is 0 Å². The summed E-state index contributed by atoms with van der Waals surface area (Å²) in [5, 5.41) is 3.42. The highest BCUT2D eigenvalue weighted by molar-refractivity contribution is 4.95. The maximum Gasteiger partial charge on any atom is 0.0103 e. The van der Waals surface area contributed by atoms with Crippen LogP contribution in [-0.2, 0) is 0 Å². The molecule has 1 aliphatic carbocycles. The molecule has 0 aromatic rings. The molecule has 86 valence electrons. The summed E-state index contributed by atoms with van der Waals surface area (Å²) in [5.41, 5.74) is 0. The maximum atomic E-state index is 3.42. The molecule has 0 radical (unpaired) electrons. The van der Waals surface area contributed by atoms with Crippen molar-refractivity contribution in [3.8, 4) is 11.8 Å². The van der Waals surface area contributed by atoms with Crippen LogP contribution in [0.3, 0.4) is 0 Å². The van der Waals surface area contributed by atoms with Crippen LogP contribution < -0.4 is 5.32 Å². The molecule has 1 aliphatic rings. The molecule has 15 heavy (non-hydrogen) atoms. The number of nitrogens with one attached hydrogen (secondary N) is 1. The first-order valence-electron chi connectivity index (χ1n) is 6.43. The molecule has 0 aliphatic heterocycles. The van der Waals surface area contributed by atoms with Crippen molar-refractivity contribution in [1.29, 1.82) is 0 Å². The lowest BCUT2D eigenvalue weighted by atomic mass is 9.96. The Kier molecular flexibility index (Phi) is 6.52. The van der Waals surface area contributed by atoms with Crippen molar-refractivity contribution in [2.75, 3.05) is 7.05 Å². The van der Waals surface area contributed by atoms with E-state index in [0.717, 1.165) is 12.3 Å². The molecule has 0 spiro atoms. The van der Waals surface area contributed by atoms with Crippen LogP contribution in [0.1, 0.15) is 58.3 Å². The fraction of sp³-hybridized carbons (Fsp3) is 0.857. The molecule has 0 amide bonds. The van der Waals surface area contributed by atoms with E-state index in [1.165, 1.54) is 44.9 Å². The van der Waals surface area contributed by atoms with Gasteiger partial charge in [-0.05, 0) is 39.2 Å². The van der Waals surface area contributed by atoms with E-state index in [4.69, 9.17) is 0 Å². The van der Waals surface area contributed by atoms with Crippen LogP contribution in [-0.4, -0.2) is 13.1 Å². The molecule has 0 aromatic heterocycles. The molecular formula is C14H25N. The molecule has 0 saturated heterocycles. The van der Waals surface area contributed by atoms with Gasteiger partial charge in [-0.15, -0.1) is 11.8 Å². The van der Waals surface area contributed by atoms with E-state index in [0.29, 0.717) is 6.04 Å². The Balaban J connectivity index is 2.11. The minimum absolute atomic E-state index is 0.687. The molecule has 0 bridgehead atoms. The molecule has 1 rings (SSSR count). The zero-order valence-corrected chi connectivity index (χ0v) is 10.3. The highest BCUT2D eigenvalue weighted by atomic mass is 14.9. The quantitative estimate of drug-likeness (QED) is 0.659. The largest absolute Gasteiger partial charge is 0.317 e. The second-order valence-corrected chi connectivity index (χ2v) is 4.68. The summed E-state index contributed by atoms with van der Waals surface area (Å²) in [4.78, 5) is 0.